The van der Waals surface area contributed by atoms with Gasteiger partial charge in [0, 0.05) is 11.4 Å². The number of aryl methyl sites for hydroxylation is 2. The van der Waals surface area contributed by atoms with Crippen LogP contribution in [0.4, 0.5) is 0 Å². The van der Waals surface area contributed by atoms with Crippen molar-refractivity contribution in [3.05, 3.63) is 62.0 Å². The summed E-state index contributed by atoms with van der Waals surface area (Å²) in [6, 6.07) is 12.2. The highest BCUT2D eigenvalue weighted by atomic mass is 32.1. The van der Waals surface area contributed by atoms with E-state index in [1.54, 1.807) is 15.9 Å². The Morgan fingerprint density at radius 1 is 1.29 bits per heavy atom. The van der Waals surface area contributed by atoms with E-state index in [4.69, 9.17) is 12.2 Å². The lowest BCUT2D eigenvalue weighted by Crippen LogP contribution is -2.21. The van der Waals surface area contributed by atoms with Crippen molar-refractivity contribution in [2.45, 2.75) is 26.3 Å². The normalized spacial score (nSPS) is 11.1. The van der Waals surface area contributed by atoms with Gasteiger partial charge in [-0.05, 0) is 43.6 Å². The number of nitrogens with zero attached hydrogens (tertiary/aromatic N) is 1. The highest BCUT2D eigenvalue weighted by molar-refractivity contribution is 7.71. The molecule has 0 aliphatic carbocycles. The monoisotopic (exact) mass is 316 g/mol. The summed E-state index contributed by atoms with van der Waals surface area (Å²) >= 11 is 6.89. The molecule has 3 rings (SSSR count). The third kappa shape index (κ3) is 2.99. The Balaban J connectivity index is 1.84. The Labute approximate surface area is 131 Å². The van der Waals surface area contributed by atoms with Crippen molar-refractivity contribution < 1.29 is 0 Å². The molecule has 3 aromatic rings. The van der Waals surface area contributed by atoms with Gasteiger partial charge in [0.2, 0.25) is 0 Å². The molecule has 0 saturated heterocycles. The minimum atomic E-state index is 0.0196. The number of rotatable bonds is 4. The smallest absolute Gasteiger partial charge is 0.263 e. The van der Waals surface area contributed by atoms with Crippen LogP contribution < -0.4 is 5.56 Å². The maximum Gasteiger partial charge on any atom is 0.263 e. The number of benzene rings is 1. The predicted molar refractivity (Wildman–Crippen MR) is 90.8 cm³/mol. The Hall–Kier alpha value is -1.72. The Morgan fingerprint density at radius 2 is 2.05 bits per heavy atom. The van der Waals surface area contributed by atoms with Gasteiger partial charge in [0.25, 0.3) is 5.56 Å². The number of hydrogen-bond donors (Lipinski definition) is 1. The van der Waals surface area contributed by atoms with Gasteiger partial charge in [-0.2, -0.15) is 0 Å². The lowest BCUT2D eigenvalue weighted by atomic mass is 10.1. The van der Waals surface area contributed by atoms with Crippen molar-refractivity contribution in [2.24, 2.45) is 0 Å². The van der Waals surface area contributed by atoms with Crippen LogP contribution in [0.25, 0.3) is 10.2 Å². The predicted octanol–water partition coefficient (Wildman–Crippen LogP) is 4.06. The number of aromatic nitrogens is 2. The first-order valence-corrected chi connectivity index (χ1v) is 8.15. The van der Waals surface area contributed by atoms with Gasteiger partial charge in [0.15, 0.2) is 4.77 Å². The number of aromatic amines is 1. The van der Waals surface area contributed by atoms with Crippen LogP contribution in [0.2, 0.25) is 0 Å². The van der Waals surface area contributed by atoms with E-state index in [2.05, 4.69) is 17.1 Å². The van der Waals surface area contributed by atoms with Crippen LogP contribution in [0.3, 0.4) is 0 Å². The van der Waals surface area contributed by atoms with E-state index < -0.39 is 0 Å². The molecule has 0 spiro atoms. The zero-order valence-electron chi connectivity index (χ0n) is 11.8. The van der Waals surface area contributed by atoms with Crippen LogP contribution in [-0.2, 0) is 13.0 Å². The van der Waals surface area contributed by atoms with Gasteiger partial charge in [-0.3, -0.25) is 9.36 Å². The van der Waals surface area contributed by atoms with E-state index in [-0.39, 0.29) is 5.56 Å². The first kappa shape index (κ1) is 14.2. The molecule has 21 heavy (non-hydrogen) atoms. The van der Waals surface area contributed by atoms with E-state index in [0.29, 0.717) is 11.3 Å². The molecule has 108 valence electrons. The summed E-state index contributed by atoms with van der Waals surface area (Å²) in [5.41, 5.74) is 1.30. The molecule has 2 aromatic heterocycles. The molecule has 3 nitrogen and oxygen atoms in total. The molecule has 0 atom stereocenters. The molecule has 0 aliphatic heterocycles. The van der Waals surface area contributed by atoms with E-state index in [1.165, 1.54) is 5.56 Å². The van der Waals surface area contributed by atoms with Crippen molar-refractivity contribution in [3.8, 4) is 0 Å². The fourth-order valence-electron chi connectivity index (χ4n) is 2.46. The van der Waals surface area contributed by atoms with E-state index in [1.807, 2.05) is 31.2 Å². The zero-order chi connectivity index (χ0) is 14.8. The number of fused-ring (bicyclic) bond motifs is 1. The Kier molecular flexibility index (Phi) is 4.03. The Morgan fingerprint density at radius 3 is 2.81 bits per heavy atom. The molecule has 0 radical (unpaired) electrons. The van der Waals surface area contributed by atoms with E-state index in [9.17, 15) is 4.79 Å². The lowest BCUT2D eigenvalue weighted by Gasteiger charge is -2.06. The second-order valence-corrected chi connectivity index (χ2v) is 6.72. The standard InChI is InChI=1S/C16H16N2OS2/c1-11-10-13-14(21-11)17-16(20)18(15(13)19)9-5-8-12-6-3-2-4-7-12/h2-4,6-7,10H,5,8-9H2,1H3,(H,17,20). The second kappa shape index (κ2) is 5.95. The quantitative estimate of drug-likeness (QED) is 0.737. The number of thiophene rings is 1. The third-order valence-corrected chi connectivity index (χ3v) is 4.77. The number of hydrogen-bond acceptors (Lipinski definition) is 3. The minimum absolute atomic E-state index is 0.0196. The number of nitrogens with one attached hydrogen (secondary N) is 1. The minimum Gasteiger partial charge on any atom is -0.323 e. The van der Waals surface area contributed by atoms with Crippen LogP contribution >= 0.6 is 23.6 Å². The van der Waals surface area contributed by atoms with Crippen LogP contribution in [-0.4, -0.2) is 9.55 Å². The van der Waals surface area contributed by atoms with Crippen molar-refractivity contribution in [3.63, 3.8) is 0 Å². The molecule has 0 bridgehead atoms. The van der Waals surface area contributed by atoms with Gasteiger partial charge < -0.3 is 4.98 Å². The molecule has 2 heterocycles. The summed E-state index contributed by atoms with van der Waals surface area (Å²) in [5, 5.41) is 0.741. The summed E-state index contributed by atoms with van der Waals surface area (Å²) < 4.78 is 2.19. The van der Waals surface area contributed by atoms with E-state index >= 15 is 0 Å². The largest absolute Gasteiger partial charge is 0.323 e. The number of H-pyrrole nitrogens is 1. The summed E-state index contributed by atoms with van der Waals surface area (Å²) in [6.07, 6.45) is 1.85. The van der Waals surface area contributed by atoms with E-state index in [0.717, 1.165) is 27.9 Å². The molecule has 0 saturated carbocycles. The van der Waals surface area contributed by atoms with Crippen molar-refractivity contribution in [1.82, 2.24) is 9.55 Å². The summed E-state index contributed by atoms with van der Waals surface area (Å²) in [6.45, 7) is 2.65. The zero-order valence-corrected chi connectivity index (χ0v) is 13.4. The first-order valence-electron chi connectivity index (χ1n) is 6.92. The second-order valence-electron chi connectivity index (χ2n) is 5.08. The first-order chi connectivity index (χ1) is 10.1. The molecule has 0 fully saturated rings. The van der Waals surface area contributed by atoms with Crippen molar-refractivity contribution >= 4 is 33.8 Å². The fraction of sp³-hybridized carbons (Fsp3) is 0.250. The average Bonchev–Trinajstić information content (AvgIpc) is 2.84. The summed E-state index contributed by atoms with van der Waals surface area (Å²) in [7, 11) is 0. The average molecular weight is 316 g/mol. The molecule has 0 amide bonds. The lowest BCUT2D eigenvalue weighted by molar-refractivity contribution is 0.610. The van der Waals surface area contributed by atoms with Gasteiger partial charge in [0.05, 0.1) is 5.39 Å². The Bertz CT molecular complexity index is 875. The SMILES string of the molecule is Cc1cc2c(=O)n(CCCc3ccccc3)c(=S)[nH]c2s1. The van der Waals surface area contributed by atoms with Crippen molar-refractivity contribution in [2.75, 3.05) is 0 Å². The molecule has 0 aliphatic rings. The molecule has 1 aromatic carbocycles. The van der Waals surface area contributed by atoms with Crippen LogP contribution in [0.1, 0.15) is 16.9 Å². The highest BCUT2D eigenvalue weighted by Crippen LogP contribution is 2.19. The van der Waals surface area contributed by atoms with Gasteiger partial charge in [0.1, 0.15) is 4.83 Å². The fourth-order valence-corrected chi connectivity index (χ4v) is 3.70. The van der Waals surface area contributed by atoms with Gasteiger partial charge in [-0.1, -0.05) is 30.3 Å². The maximum atomic E-state index is 12.5. The van der Waals surface area contributed by atoms with Crippen LogP contribution in [0, 0.1) is 11.7 Å². The third-order valence-electron chi connectivity index (χ3n) is 3.49. The highest BCUT2D eigenvalue weighted by Gasteiger charge is 2.08. The van der Waals surface area contributed by atoms with Gasteiger partial charge in [-0.25, -0.2) is 0 Å². The molecule has 0 unspecified atom stereocenters. The van der Waals surface area contributed by atoms with Crippen LogP contribution in [0.15, 0.2) is 41.2 Å². The topological polar surface area (TPSA) is 37.8 Å². The maximum absolute atomic E-state index is 12.5. The molecular formula is C16H16N2OS2. The van der Waals surface area contributed by atoms with Crippen molar-refractivity contribution in [1.29, 1.82) is 0 Å². The molecule has 1 N–H and O–H groups in total. The van der Waals surface area contributed by atoms with Gasteiger partial charge >= 0.3 is 0 Å². The molecule has 5 heteroatoms. The molecular weight excluding hydrogens is 300 g/mol. The van der Waals surface area contributed by atoms with Gasteiger partial charge in [-0.15, -0.1) is 11.3 Å². The summed E-state index contributed by atoms with van der Waals surface area (Å²) in [4.78, 5) is 17.6. The van der Waals surface area contributed by atoms with Crippen LogP contribution in [0.5, 0.6) is 0 Å². The summed E-state index contributed by atoms with van der Waals surface area (Å²) in [5.74, 6) is 0.